The van der Waals surface area contributed by atoms with Crippen LogP contribution in [0.5, 0.6) is 0 Å². The average Bonchev–Trinajstić information content (AvgIpc) is 2.64. The second-order valence-corrected chi connectivity index (χ2v) is 5.21. The van der Waals surface area contributed by atoms with Crippen molar-refractivity contribution < 1.29 is 14.3 Å². The molecule has 0 atom stereocenters. The summed E-state index contributed by atoms with van der Waals surface area (Å²) in [7, 11) is 1.35. The number of rotatable bonds is 5. The molecule has 1 rings (SSSR count). The lowest BCUT2D eigenvalue weighted by Gasteiger charge is -2.06. The van der Waals surface area contributed by atoms with Gasteiger partial charge in [-0.2, -0.15) is 0 Å². The van der Waals surface area contributed by atoms with E-state index in [0.29, 0.717) is 17.0 Å². The van der Waals surface area contributed by atoms with Gasteiger partial charge in [-0.15, -0.1) is 11.3 Å². The van der Waals surface area contributed by atoms with Crippen molar-refractivity contribution in [1.29, 1.82) is 0 Å². The van der Waals surface area contributed by atoms with Gasteiger partial charge in [-0.05, 0) is 25.3 Å². The predicted molar refractivity (Wildman–Crippen MR) is 73.3 cm³/mol. The summed E-state index contributed by atoms with van der Waals surface area (Å²) in [5.41, 5.74) is 1.46. The topological polar surface area (TPSA) is 55.4 Å². The second-order valence-electron chi connectivity index (χ2n) is 3.98. The van der Waals surface area contributed by atoms with Crippen LogP contribution in [0.3, 0.4) is 0 Å². The van der Waals surface area contributed by atoms with Crippen LogP contribution in [0.1, 0.15) is 47.5 Å². The summed E-state index contributed by atoms with van der Waals surface area (Å²) >= 11 is 1.43. The van der Waals surface area contributed by atoms with Gasteiger partial charge in [0.2, 0.25) is 5.91 Å². The van der Waals surface area contributed by atoms with E-state index < -0.39 is 0 Å². The number of nitrogens with one attached hydrogen (secondary N) is 1. The Bertz CT molecular complexity index is 451. The third-order valence-electron chi connectivity index (χ3n) is 2.68. The van der Waals surface area contributed by atoms with E-state index in [4.69, 9.17) is 4.74 Å². The molecule has 1 amide bonds. The Morgan fingerprint density at radius 1 is 1.33 bits per heavy atom. The molecule has 1 N–H and O–H groups in total. The van der Waals surface area contributed by atoms with E-state index in [-0.39, 0.29) is 11.9 Å². The van der Waals surface area contributed by atoms with Gasteiger partial charge in [0.25, 0.3) is 0 Å². The molecule has 1 heterocycles. The molecule has 0 aliphatic rings. The van der Waals surface area contributed by atoms with Crippen LogP contribution in [0.4, 0.5) is 5.00 Å². The molecular formula is C13H19NO3S. The molecule has 0 fully saturated rings. The number of amides is 1. The van der Waals surface area contributed by atoms with Crippen LogP contribution >= 0.6 is 11.3 Å². The molecule has 0 saturated carbocycles. The summed E-state index contributed by atoms with van der Waals surface area (Å²) in [4.78, 5) is 24.5. The molecule has 0 aliphatic carbocycles. The first-order valence-electron chi connectivity index (χ1n) is 6.05. The molecule has 0 aromatic carbocycles. The van der Waals surface area contributed by atoms with Crippen LogP contribution in [0.25, 0.3) is 0 Å². The van der Waals surface area contributed by atoms with Crippen LogP contribution in [0, 0.1) is 6.92 Å². The first-order chi connectivity index (χ1) is 8.54. The highest BCUT2D eigenvalue weighted by Gasteiger charge is 2.22. The van der Waals surface area contributed by atoms with Gasteiger partial charge < -0.3 is 10.1 Å². The fraction of sp³-hybridized carbons (Fsp3) is 0.538. The zero-order chi connectivity index (χ0) is 13.7. The summed E-state index contributed by atoms with van der Waals surface area (Å²) in [6.07, 6.45) is 1.99. The van der Waals surface area contributed by atoms with Crippen LogP contribution in [0.2, 0.25) is 0 Å². The van der Waals surface area contributed by atoms with E-state index in [1.807, 2.05) is 20.8 Å². The standard InChI is InChI=1S/C13H19NO3S/c1-5-7-10(15)14-12-11(13(16)17-4)9(6-2)8(3)18-12/h5-7H2,1-4H3,(H,14,15). The lowest BCUT2D eigenvalue weighted by Crippen LogP contribution is -2.13. The quantitative estimate of drug-likeness (QED) is 0.835. The van der Waals surface area contributed by atoms with Crippen molar-refractivity contribution in [2.45, 2.75) is 40.0 Å². The van der Waals surface area contributed by atoms with Crippen molar-refractivity contribution in [2.24, 2.45) is 0 Å². The largest absolute Gasteiger partial charge is 0.465 e. The highest BCUT2D eigenvalue weighted by Crippen LogP contribution is 2.34. The van der Waals surface area contributed by atoms with Crippen molar-refractivity contribution in [2.75, 3.05) is 12.4 Å². The van der Waals surface area contributed by atoms with Gasteiger partial charge in [-0.3, -0.25) is 4.79 Å². The van der Waals surface area contributed by atoms with Crippen molar-refractivity contribution in [1.82, 2.24) is 0 Å². The highest BCUT2D eigenvalue weighted by molar-refractivity contribution is 7.16. The minimum atomic E-state index is -0.386. The number of ether oxygens (including phenoxy) is 1. The first-order valence-corrected chi connectivity index (χ1v) is 6.87. The molecule has 0 spiro atoms. The third kappa shape index (κ3) is 3.10. The number of hydrogen-bond acceptors (Lipinski definition) is 4. The molecule has 0 aliphatic heterocycles. The summed E-state index contributed by atoms with van der Waals surface area (Å²) in [5.74, 6) is -0.449. The normalized spacial score (nSPS) is 10.2. The van der Waals surface area contributed by atoms with Crippen molar-refractivity contribution in [3.63, 3.8) is 0 Å². The molecule has 4 nitrogen and oxygen atoms in total. The monoisotopic (exact) mass is 269 g/mol. The minimum absolute atomic E-state index is 0.0634. The predicted octanol–water partition coefficient (Wildman–Crippen LogP) is 3.14. The zero-order valence-electron chi connectivity index (χ0n) is 11.3. The minimum Gasteiger partial charge on any atom is -0.465 e. The van der Waals surface area contributed by atoms with E-state index in [1.165, 1.54) is 18.4 Å². The molecule has 5 heteroatoms. The number of anilines is 1. The maximum absolute atomic E-state index is 11.8. The Morgan fingerprint density at radius 3 is 2.50 bits per heavy atom. The maximum atomic E-state index is 11.8. The molecule has 1 aromatic heterocycles. The van der Waals surface area contributed by atoms with E-state index in [1.54, 1.807) is 0 Å². The third-order valence-corrected chi connectivity index (χ3v) is 3.74. The lowest BCUT2D eigenvalue weighted by atomic mass is 10.1. The molecule has 1 aromatic rings. The summed E-state index contributed by atoms with van der Waals surface area (Å²) in [6, 6.07) is 0. The molecule has 18 heavy (non-hydrogen) atoms. The van der Waals surface area contributed by atoms with Gasteiger partial charge in [-0.25, -0.2) is 4.79 Å². The number of hydrogen-bond donors (Lipinski definition) is 1. The smallest absolute Gasteiger partial charge is 0.341 e. The van der Waals surface area contributed by atoms with Crippen LogP contribution in [0.15, 0.2) is 0 Å². The Morgan fingerprint density at radius 2 is 2.00 bits per heavy atom. The SMILES string of the molecule is CCCC(=O)Nc1sc(C)c(CC)c1C(=O)OC. The zero-order valence-corrected chi connectivity index (χ0v) is 12.1. The Labute approximate surface area is 111 Å². The molecule has 100 valence electrons. The van der Waals surface area contributed by atoms with Gasteiger partial charge in [0.05, 0.1) is 12.7 Å². The maximum Gasteiger partial charge on any atom is 0.341 e. The molecule has 0 unspecified atom stereocenters. The number of carbonyl (C=O) groups is 2. The van der Waals surface area contributed by atoms with E-state index in [9.17, 15) is 9.59 Å². The van der Waals surface area contributed by atoms with Gasteiger partial charge in [-0.1, -0.05) is 13.8 Å². The molecular weight excluding hydrogens is 250 g/mol. The molecule has 0 radical (unpaired) electrons. The number of thiophene rings is 1. The molecule has 0 bridgehead atoms. The number of aryl methyl sites for hydroxylation is 1. The van der Waals surface area contributed by atoms with Crippen molar-refractivity contribution in [3.05, 3.63) is 16.0 Å². The van der Waals surface area contributed by atoms with Gasteiger partial charge in [0, 0.05) is 11.3 Å². The average molecular weight is 269 g/mol. The van der Waals surface area contributed by atoms with Gasteiger partial charge >= 0.3 is 5.97 Å². The summed E-state index contributed by atoms with van der Waals surface area (Å²) in [5, 5.41) is 3.41. The second kappa shape index (κ2) is 6.54. The van der Waals surface area contributed by atoms with E-state index in [2.05, 4.69) is 5.32 Å². The van der Waals surface area contributed by atoms with E-state index in [0.717, 1.165) is 23.3 Å². The van der Waals surface area contributed by atoms with Gasteiger partial charge in [0.15, 0.2) is 0 Å². The van der Waals surface area contributed by atoms with Crippen molar-refractivity contribution in [3.8, 4) is 0 Å². The number of esters is 1. The number of methoxy groups -OCH3 is 1. The Balaban J connectivity index is 3.10. The summed E-state index contributed by atoms with van der Waals surface area (Å²) < 4.78 is 4.79. The number of carbonyl (C=O) groups excluding carboxylic acids is 2. The fourth-order valence-corrected chi connectivity index (χ4v) is 2.98. The fourth-order valence-electron chi connectivity index (χ4n) is 1.83. The van der Waals surface area contributed by atoms with E-state index >= 15 is 0 Å². The Hall–Kier alpha value is -1.36. The first kappa shape index (κ1) is 14.7. The van der Waals surface area contributed by atoms with Gasteiger partial charge in [0.1, 0.15) is 5.00 Å². The molecule has 0 saturated heterocycles. The Kier molecular flexibility index (Phi) is 5.34. The van der Waals surface area contributed by atoms with Crippen LogP contribution in [-0.4, -0.2) is 19.0 Å². The highest BCUT2D eigenvalue weighted by atomic mass is 32.1. The lowest BCUT2D eigenvalue weighted by molar-refractivity contribution is -0.116. The van der Waals surface area contributed by atoms with Crippen LogP contribution in [-0.2, 0) is 16.0 Å². The van der Waals surface area contributed by atoms with Crippen molar-refractivity contribution >= 4 is 28.2 Å². The van der Waals surface area contributed by atoms with Crippen LogP contribution < -0.4 is 5.32 Å². The summed E-state index contributed by atoms with van der Waals surface area (Å²) in [6.45, 7) is 5.88.